The molecule has 1 amide bonds. The van der Waals surface area contributed by atoms with Crippen molar-refractivity contribution >= 4 is 33.2 Å². The fraction of sp³-hybridized carbons (Fsp3) is 0.381. The number of carbonyl (C=O) groups excluding carboxylic acids is 1. The highest BCUT2D eigenvalue weighted by Gasteiger charge is 2.29. The van der Waals surface area contributed by atoms with Gasteiger partial charge in [-0.3, -0.25) is 4.79 Å². The van der Waals surface area contributed by atoms with Crippen LogP contribution >= 0.6 is 11.6 Å². The van der Waals surface area contributed by atoms with Crippen LogP contribution in [0.5, 0.6) is 0 Å². The molecule has 2 aromatic rings. The summed E-state index contributed by atoms with van der Waals surface area (Å²) in [6.07, 6.45) is 3.64. The third-order valence-corrected chi connectivity index (χ3v) is 7.74. The molecular weight excluding hydrogens is 396 g/mol. The van der Waals surface area contributed by atoms with Crippen molar-refractivity contribution in [1.82, 2.24) is 4.31 Å². The van der Waals surface area contributed by atoms with Gasteiger partial charge in [0.2, 0.25) is 15.9 Å². The maximum atomic E-state index is 12.9. The van der Waals surface area contributed by atoms with Gasteiger partial charge in [-0.25, -0.2) is 8.42 Å². The monoisotopic (exact) mass is 418 g/mol. The number of aryl methyl sites for hydroxylation is 1. The summed E-state index contributed by atoms with van der Waals surface area (Å²) < 4.78 is 27.2. The molecule has 0 aliphatic carbocycles. The van der Waals surface area contributed by atoms with Crippen LogP contribution in [-0.2, 0) is 27.7 Å². The van der Waals surface area contributed by atoms with Crippen molar-refractivity contribution in [3.05, 3.63) is 58.6 Å². The van der Waals surface area contributed by atoms with Crippen molar-refractivity contribution < 1.29 is 13.2 Å². The lowest BCUT2D eigenvalue weighted by Crippen LogP contribution is -2.37. The fourth-order valence-electron chi connectivity index (χ4n) is 3.97. The lowest BCUT2D eigenvalue weighted by Gasteiger charge is -2.30. The van der Waals surface area contributed by atoms with Gasteiger partial charge in [0.1, 0.15) is 0 Å². The second kappa shape index (κ2) is 7.85. The van der Waals surface area contributed by atoms with Gasteiger partial charge in [0.25, 0.3) is 0 Å². The molecule has 2 aliphatic rings. The maximum absolute atomic E-state index is 12.9. The first-order chi connectivity index (χ1) is 13.5. The van der Waals surface area contributed by atoms with Crippen LogP contribution in [0.3, 0.4) is 0 Å². The minimum atomic E-state index is -3.45. The number of halogens is 1. The molecular formula is C21H23ClN2O3S. The van der Waals surface area contributed by atoms with Gasteiger partial charge in [-0.05, 0) is 61.1 Å². The average molecular weight is 419 g/mol. The lowest BCUT2D eigenvalue weighted by molar-refractivity contribution is -0.118. The normalized spacial score (nSPS) is 17.5. The standard InChI is InChI=1S/C21H23ClN2O3S/c22-19-8-2-1-6-16(19)15-21(25)24-13-5-7-17-14-18(9-10-20(17)24)28(26,27)23-11-3-4-12-23/h1-2,6,8-10,14H,3-5,7,11-13,15H2. The molecule has 0 atom stereocenters. The molecule has 0 saturated carbocycles. The summed E-state index contributed by atoms with van der Waals surface area (Å²) in [5, 5.41) is 0.583. The second-order valence-corrected chi connectivity index (χ2v) is 9.66. The summed E-state index contributed by atoms with van der Waals surface area (Å²) in [7, 11) is -3.45. The van der Waals surface area contributed by atoms with Crippen molar-refractivity contribution in [1.29, 1.82) is 0 Å². The number of benzene rings is 2. The van der Waals surface area contributed by atoms with E-state index in [4.69, 9.17) is 11.6 Å². The number of amides is 1. The van der Waals surface area contributed by atoms with Crippen LogP contribution in [-0.4, -0.2) is 38.3 Å². The molecule has 4 rings (SSSR count). The summed E-state index contributed by atoms with van der Waals surface area (Å²) in [5.74, 6) is -0.0239. The third-order valence-electron chi connectivity index (χ3n) is 5.47. The fourth-order valence-corrected chi connectivity index (χ4v) is 5.74. The molecule has 0 unspecified atom stereocenters. The zero-order valence-corrected chi connectivity index (χ0v) is 17.2. The number of rotatable bonds is 4. The van der Waals surface area contributed by atoms with E-state index in [0.717, 1.165) is 42.5 Å². The van der Waals surface area contributed by atoms with Crippen molar-refractivity contribution in [3.8, 4) is 0 Å². The Morgan fingerprint density at radius 1 is 1.00 bits per heavy atom. The zero-order valence-electron chi connectivity index (χ0n) is 15.6. The molecule has 2 aliphatic heterocycles. The number of anilines is 1. The predicted octanol–water partition coefficient (Wildman–Crippen LogP) is 3.65. The Bertz CT molecular complexity index is 1000. The second-order valence-electron chi connectivity index (χ2n) is 7.32. The Morgan fingerprint density at radius 2 is 1.75 bits per heavy atom. The van der Waals surface area contributed by atoms with Crippen LogP contribution < -0.4 is 4.90 Å². The van der Waals surface area contributed by atoms with E-state index in [0.29, 0.717) is 29.6 Å². The first kappa shape index (κ1) is 19.4. The van der Waals surface area contributed by atoms with E-state index in [-0.39, 0.29) is 12.3 Å². The SMILES string of the molecule is O=C(Cc1ccccc1Cl)N1CCCc2cc(S(=O)(=O)N3CCCC3)ccc21. The van der Waals surface area contributed by atoms with Crippen LogP contribution in [0.1, 0.15) is 30.4 Å². The predicted molar refractivity (Wildman–Crippen MR) is 110 cm³/mol. The minimum absolute atomic E-state index is 0.0239. The number of fused-ring (bicyclic) bond motifs is 1. The van der Waals surface area contributed by atoms with Crippen molar-refractivity contribution in [2.45, 2.75) is 37.0 Å². The summed E-state index contributed by atoms with van der Waals surface area (Å²) in [4.78, 5) is 15.0. The molecule has 1 saturated heterocycles. The van der Waals surface area contributed by atoms with Gasteiger partial charge in [0.05, 0.1) is 11.3 Å². The Morgan fingerprint density at radius 3 is 2.50 bits per heavy atom. The molecule has 0 aromatic heterocycles. The molecule has 0 N–H and O–H groups in total. The van der Waals surface area contributed by atoms with Gasteiger partial charge in [-0.1, -0.05) is 29.8 Å². The summed E-state index contributed by atoms with van der Waals surface area (Å²) in [6, 6.07) is 12.5. The Labute approximate surface area is 171 Å². The zero-order chi connectivity index (χ0) is 19.7. The van der Waals surface area contributed by atoms with Gasteiger partial charge in [-0.15, -0.1) is 0 Å². The topological polar surface area (TPSA) is 57.7 Å². The van der Waals surface area contributed by atoms with Crippen molar-refractivity contribution in [3.63, 3.8) is 0 Å². The molecule has 0 spiro atoms. The number of carbonyl (C=O) groups is 1. The highest BCUT2D eigenvalue weighted by atomic mass is 35.5. The first-order valence-corrected chi connectivity index (χ1v) is 11.5. The van der Waals surface area contributed by atoms with E-state index in [2.05, 4.69) is 0 Å². The van der Waals surface area contributed by atoms with Crippen LogP contribution in [0.4, 0.5) is 5.69 Å². The Hall–Kier alpha value is -1.89. The lowest BCUT2D eigenvalue weighted by atomic mass is 10.0. The van der Waals surface area contributed by atoms with Crippen LogP contribution in [0.25, 0.3) is 0 Å². The van der Waals surface area contributed by atoms with Gasteiger partial charge >= 0.3 is 0 Å². The van der Waals surface area contributed by atoms with Crippen molar-refractivity contribution in [2.75, 3.05) is 24.5 Å². The number of nitrogens with zero attached hydrogens (tertiary/aromatic N) is 2. The first-order valence-electron chi connectivity index (χ1n) is 9.64. The van der Waals surface area contributed by atoms with E-state index < -0.39 is 10.0 Å². The van der Waals surface area contributed by atoms with Gasteiger partial charge < -0.3 is 4.90 Å². The maximum Gasteiger partial charge on any atom is 0.243 e. The molecule has 0 bridgehead atoms. The largest absolute Gasteiger partial charge is 0.312 e. The quantitative estimate of drug-likeness (QED) is 0.761. The Balaban J connectivity index is 1.60. The highest BCUT2D eigenvalue weighted by Crippen LogP contribution is 2.32. The molecule has 1 fully saturated rings. The molecule has 0 radical (unpaired) electrons. The molecule has 7 heteroatoms. The molecule has 2 heterocycles. The van der Waals surface area contributed by atoms with Gasteiger partial charge in [0, 0.05) is 30.3 Å². The van der Waals surface area contributed by atoms with Gasteiger partial charge in [0.15, 0.2) is 0 Å². The van der Waals surface area contributed by atoms with E-state index in [9.17, 15) is 13.2 Å². The summed E-state index contributed by atoms with van der Waals surface area (Å²) in [6.45, 7) is 1.80. The smallest absolute Gasteiger partial charge is 0.243 e. The summed E-state index contributed by atoms with van der Waals surface area (Å²) in [5.41, 5.74) is 2.53. The van der Waals surface area contributed by atoms with E-state index >= 15 is 0 Å². The highest BCUT2D eigenvalue weighted by molar-refractivity contribution is 7.89. The molecule has 148 valence electrons. The van der Waals surface area contributed by atoms with E-state index in [1.165, 1.54) is 0 Å². The van der Waals surface area contributed by atoms with Crippen LogP contribution in [0, 0.1) is 0 Å². The molecule has 28 heavy (non-hydrogen) atoms. The average Bonchev–Trinajstić information content (AvgIpc) is 3.24. The number of hydrogen-bond acceptors (Lipinski definition) is 3. The van der Waals surface area contributed by atoms with Crippen LogP contribution in [0.15, 0.2) is 47.4 Å². The minimum Gasteiger partial charge on any atom is -0.312 e. The van der Waals surface area contributed by atoms with Crippen molar-refractivity contribution in [2.24, 2.45) is 0 Å². The molecule has 5 nitrogen and oxygen atoms in total. The number of hydrogen-bond donors (Lipinski definition) is 0. The van der Waals surface area contributed by atoms with Crippen LogP contribution in [0.2, 0.25) is 5.02 Å². The van der Waals surface area contributed by atoms with Gasteiger partial charge in [-0.2, -0.15) is 4.31 Å². The third kappa shape index (κ3) is 3.69. The molecule has 2 aromatic carbocycles. The number of sulfonamides is 1. The Kier molecular flexibility index (Phi) is 5.45. The van der Waals surface area contributed by atoms with E-state index in [1.54, 1.807) is 33.5 Å². The van der Waals surface area contributed by atoms with E-state index in [1.807, 2.05) is 18.2 Å². The summed E-state index contributed by atoms with van der Waals surface area (Å²) >= 11 is 6.20.